The third kappa shape index (κ3) is 4.49. The number of carbonyl (C=O) groups excluding carboxylic acids is 2. The van der Waals surface area contributed by atoms with Gasteiger partial charge >= 0.3 is 0 Å². The molecule has 1 aliphatic heterocycles. The van der Waals surface area contributed by atoms with Crippen molar-refractivity contribution < 1.29 is 14.3 Å². The molecular formula is C20H21N3O3S. The molecule has 2 aromatic carbocycles. The van der Waals surface area contributed by atoms with Crippen molar-refractivity contribution in [1.82, 2.24) is 5.32 Å². The number of anilines is 1. The number of nitrogens with one attached hydrogen (secondary N) is 2. The van der Waals surface area contributed by atoms with E-state index in [1.807, 2.05) is 44.2 Å². The predicted octanol–water partition coefficient (Wildman–Crippen LogP) is 3.56. The topological polar surface area (TPSA) is 79.8 Å². The number of methoxy groups -OCH3 is 1. The Balaban J connectivity index is 1.67. The molecule has 27 heavy (non-hydrogen) atoms. The number of hydrogen-bond donors (Lipinski definition) is 2. The number of amidine groups is 1. The Morgan fingerprint density at radius 2 is 1.89 bits per heavy atom. The van der Waals surface area contributed by atoms with E-state index in [9.17, 15) is 9.59 Å². The van der Waals surface area contributed by atoms with Crippen molar-refractivity contribution in [2.75, 3.05) is 12.4 Å². The van der Waals surface area contributed by atoms with Gasteiger partial charge in [0.1, 0.15) is 16.7 Å². The van der Waals surface area contributed by atoms with Gasteiger partial charge in [-0.1, -0.05) is 42.1 Å². The van der Waals surface area contributed by atoms with E-state index in [-0.39, 0.29) is 18.2 Å². The van der Waals surface area contributed by atoms with Crippen molar-refractivity contribution in [3.63, 3.8) is 0 Å². The quantitative estimate of drug-likeness (QED) is 0.827. The Labute approximate surface area is 162 Å². The second-order valence-corrected chi connectivity index (χ2v) is 7.40. The maximum Gasteiger partial charge on any atom is 0.240 e. The zero-order valence-electron chi connectivity index (χ0n) is 15.4. The predicted molar refractivity (Wildman–Crippen MR) is 109 cm³/mol. The number of para-hydroxylation sites is 3. The number of aryl methyl sites for hydroxylation is 2. The molecule has 1 aliphatic rings. The first-order valence-corrected chi connectivity index (χ1v) is 9.41. The van der Waals surface area contributed by atoms with Gasteiger partial charge in [0, 0.05) is 12.1 Å². The molecular weight excluding hydrogens is 362 g/mol. The Morgan fingerprint density at radius 1 is 1.19 bits per heavy atom. The van der Waals surface area contributed by atoms with Gasteiger partial charge in [-0.25, -0.2) is 4.99 Å². The van der Waals surface area contributed by atoms with Crippen LogP contribution < -0.4 is 15.4 Å². The number of hydrogen-bond acceptors (Lipinski definition) is 5. The largest absolute Gasteiger partial charge is 0.494 e. The van der Waals surface area contributed by atoms with Crippen molar-refractivity contribution in [1.29, 1.82) is 0 Å². The molecule has 2 N–H and O–H groups in total. The lowest BCUT2D eigenvalue weighted by Gasteiger charge is -2.12. The summed E-state index contributed by atoms with van der Waals surface area (Å²) in [6.07, 6.45) is 0.0786. The van der Waals surface area contributed by atoms with Crippen LogP contribution in [0.5, 0.6) is 5.75 Å². The molecule has 1 saturated heterocycles. The summed E-state index contributed by atoms with van der Waals surface area (Å²) in [6.45, 7) is 3.88. The highest BCUT2D eigenvalue weighted by atomic mass is 32.2. The minimum Gasteiger partial charge on any atom is -0.494 e. The third-order valence-corrected chi connectivity index (χ3v) is 5.28. The summed E-state index contributed by atoms with van der Waals surface area (Å²) in [5.41, 5.74) is 3.41. The highest BCUT2D eigenvalue weighted by Gasteiger charge is 2.32. The maximum atomic E-state index is 12.4. The number of benzene rings is 2. The van der Waals surface area contributed by atoms with Crippen molar-refractivity contribution >= 4 is 40.1 Å². The van der Waals surface area contributed by atoms with Crippen molar-refractivity contribution in [2.24, 2.45) is 4.99 Å². The fraction of sp³-hybridized carbons (Fsp3) is 0.250. The Hall–Kier alpha value is -2.80. The second-order valence-electron chi connectivity index (χ2n) is 6.20. The summed E-state index contributed by atoms with van der Waals surface area (Å²) in [6, 6.07) is 13.1. The first kappa shape index (κ1) is 19.0. The molecule has 1 fully saturated rings. The van der Waals surface area contributed by atoms with Gasteiger partial charge in [-0.3, -0.25) is 9.59 Å². The lowest BCUT2D eigenvalue weighted by molar-refractivity contribution is -0.122. The number of thioether (sulfide) groups is 1. The first-order valence-electron chi connectivity index (χ1n) is 8.53. The highest BCUT2D eigenvalue weighted by Crippen LogP contribution is 2.31. The van der Waals surface area contributed by atoms with E-state index in [4.69, 9.17) is 4.74 Å². The zero-order valence-corrected chi connectivity index (χ0v) is 16.2. The summed E-state index contributed by atoms with van der Waals surface area (Å²) < 4.78 is 5.27. The number of nitrogens with zero attached hydrogens (tertiary/aromatic N) is 1. The minimum absolute atomic E-state index is 0.0786. The normalized spacial score (nSPS) is 17.7. The molecule has 7 heteroatoms. The van der Waals surface area contributed by atoms with Gasteiger partial charge in [-0.05, 0) is 37.1 Å². The van der Waals surface area contributed by atoms with Crippen LogP contribution in [0.25, 0.3) is 0 Å². The first-order chi connectivity index (χ1) is 13.0. The molecule has 0 bridgehead atoms. The number of amides is 2. The Kier molecular flexibility index (Phi) is 5.81. The van der Waals surface area contributed by atoms with Gasteiger partial charge in [-0.15, -0.1) is 0 Å². The van der Waals surface area contributed by atoms with Crippen LogP contribution >= 0.6 is 11.8 Å². The van der Waals surface area contributed by atoms with Gasteiger partial charge in [0.15, 0.2) is 5.17 Å². The van der Waals surface area contributed by atoms with E-state index in [0.29, 0.717) is 16.6 Å². The van der Waals surface area contributed by atoms with E-state index in [1.165, 1.54) is 11.8 Å². The van der Waals surface area contributed by atoms with Crippen molar-refractivity contribution in [3.8, 4) is 5.75 Å². The number of ether oxygens (including phenoxy) is 1. The number of aliphatic imine (C=N–C) groups is 1. The molecule has 1 atom stereocenters. The van der Waals surface area contributed by atoms with Crippen molar-refractivity contribution in [2.45, 2.75) is 25.5 Å². The lowest BCUT2D eigenvalue weighted by Crippen LogP contribution is -2.28. The fourth-order valence-electron chi connectivity index (χ4n) is 2.79. The molecule has 0 saturated carbocycles. The number of rotatable bonds is 5. The monoisotopic (exact) mass is 383 g/mol. The van der Waals surface area contributed by atoms with Crippen LogP contribution in [0, 0.1) is 13.8 Å². The van der Waals surface area contributed by atoms with Crippen LogP contribution in [0.1, 0.15) is 17.5 Å². The van der Waals surface area contributed by atoms with Gasteiger partial charge in [0.2, 0.25) is 11.8 Å². The smallest absolute Gasteiger partial charge is 0.240 e. The molecule has 6 nitrogen and oxygen atoms in total. The minimum atomic E-state index is -0.511. The molecule has 0 aliphatic carbocycles. The van der Waals surface area contributed by atoms with E-state index in [2.05, 4.69) is 15.6 Å². The van der Waals surface area contributed by atoms with Crippen molar-refractivity contribution in [3.05, 3.63) is 53.6 Å². The molecule has 3 rings (SSSR count). The molecule has 2 amide bonds. The second kappa shape index (κ2) is 8.26. The molecule has 1 unspecified atom stereocenters. The maximum absolute atomic E-state index is 12.4. The van der Waals surface area contributed by atoms with Crippen LogP contribution in [0.15, 0.2) is 47.5 Å². The van der Waals surface area contributed by atoms with Gasteiger partial charge < -0.3 is 15.4 Å². The average molecular weight is 383 g/mol. The van der Waals surface area contributed by atoms with E-state index < -0.39 is 5.25 Å². The summed E-state index contributed by atoms with van der Waals surface area (Å²) in [4.78, 5) is 29.1. The van der Waals surface area contributed by atoms with Crippen LogP contribution in [0.4, 0.5) is 11.4 Å². The molecule has 0 radical (unpaired) electrons. The molecule has 1 heterocycles. The van der Waals surface area contributed by atoms with Gasteiger partial charge in [0.05, 0.1) is 7.11 Å². The summed E-state index contributed by atoms with van der Waals surface area (Å²) in [7, 11) is 1.57. The average Bonchev–Trinajstić information content (AvgIpc) is 2.97. The number of carbonyl (C=O) groups is 2. The van der Waals surface area contributed by atoms with Crippen LogP contribution in [-0.2, 0) is 9.59 Å². The molecule has 140 valence electrons. The fourth-order valence-corrected chi connectivity index (χ4v) is 3.78. The summed E-state index contributed by atoms with van der Waals surface area (Å²) in [5, 5.41) is 5.61. The van der Waals surface area contributed by atoms with E-state index >= 15 is 0 Å². The SMILES string of the molecule is COc1ccccc1N=C1NC(=O)C(CC(=O)Nc2c(C)cccc2C)S1. The van der Waals surface area contributed by atoms with Gasteiger partial charge in [0.25, 0.3) is 0 Å². The molecule has 0 spiro atoms. The standard InChI is InChI=1S/C20H21N3O3S/c1-12-7-6-8-13(2)18(12)22-17(24)11-16-19(25)23-20(27-16)21-14-9-4-5-10-15(14)26-3/h4-10,16H,11H2,1-3H3,(H,22,24)(H,21,23,25). The van der Waals surface area contributed by atoms with Crippen LogP contribution in [0.2, 0.25) is 0 Å². The van der Waals surface area contributed by atoms with E-state index in [1.54, 1.807) is 19.2 Å². The summed E-state index contributed by atoms with van der Waals surface area (Å²) >= 11 is 1.25. The summed E-state index contributed by atoms with van der Waals surface area (Å²) in [5.74, 6) is 0.208. The van der Waals surface area contributed by atoms with E-state index in [0.717, 1.165) is 16.8 Å². The Bertz CT molecular complexity index is 891. The highest BCUT2D eigenvalue weighted by molar-refractivity contribution is 8.15. The molecule has 2 aromatic rings. The van der Waals surface area contributed by atoms with Gasteiger partial charge in [-0.2, -0.15) is 0 Å². The zero-order chi connectivity index (χ0) is 19.4. The Morgan fingerprint density at radius 3 is 2.59 bits per heavy atom. The van der Waals surface area contributed by atoms with Crippen LogP contribution in [0.3, 0.4) is 0 Å². The lowest BCUT2D eigenvalue weighted by atomic mass is 10.1. The molecule has 0 aromatic heterocycles. The van der Waals surface area contributed by atoms with Crippen LogP contribution in [-0.4, -0.2) is 29.3 Å². The third-order valence-electron chi connectivity index (χ3n) is 4.20.